The molecular formula is C14H20N2O2. The van der Waals surface area contributed by atoms with E-state index in [0.717, 1.165) is 17.0 Å². The average molecular weight is 248 g/mol. The van der Waals surface area contributed by atoms with E-state index in [9.17, 15) is 4.79 Å². The molecule has 1 heterocycles. The van der Waals surface area contributed by atoms with Crippen LogP contribution in [-0.4, -0.2) is 25.6 Å². The molecule has 0 spiro atoms. The van der Waals surface area contributed by atoms with Crippen molar-refractivity contribution in [2.45, 2.75) is 32.3 Å². The number of benzene rings is 1. The van der Waals surface area contributed by atoms with Gasteiger partial charge in [-0.05, 0) is 24.6 Å². The van der Waals surface area contributed by atoms with Gasteiger partial charge in [0.05, 0.1) is 5.69 Å². The van der Waals surface area contributed by atoms with Crippen molar-refractivity contribution in [1.29, 1.82) is 0 Å². The van der Waals surface area contributed by atoms with Crippen LogP contribution in [0.5, 0.6) is 5.75 Å². The van der Waals surface area contributed by atoms with Gasteiger partial charge in [0.15, 0.2) is 6.10 Å². The molecule has 1 aromatic carbocycles. The van der Waals surface area contributed by atoms with Crippen LogP contribution in [-0.2, 0) is 10.2 Å². The van der Waals surface area contributed by atoms with Gasteiger partial charge in [-0.1, -0.05) is 19.9 Å². The molecule has 2 N–H and O–H groups in total. The van der Waals surface area contributed by atoms with E-state index in [1.165, 1.54) is 0 Å². The number of carbonyl (C=O) groups excluding carboxylic acids is 1. The molecule has 1 amide bonds. The summed E-state index contributed by atoms with van der Waals surface area (Å²) in [4.78, 5) is 13.4. The zero-order chi connectivity index (χ0) is 13.5. The largest absolute Gasteiger partial charge is 0.479 e. The van der Waals surface area contributed by atoms with Gasteiger partial charge in [-0.3, -0.25) is 4.79 Å². The van der Waals surface area contributed by atoms with Gasteiger partial charge in [0.25, 0.3) is 5.91 Å². The Kier molecular flexibility index (Phi) is 3.07. The van der Waals surface area contributed by atoms with Crippen LogP contribution in [0.1, 0.15) is 26.3 Å². The van der Waals surface area contributed by atoms with Gasteiger partial charge < -0.3 is 15.4 Å². The third-order valence-corrected chi connectivity index (χ3v) is 3.60. The van der Waals surface area contributed by atoms with Gasteiger partial charge in [-0.25, -0.2) is 0 Å². The van der Waals surface area contributed by atoms with Gasteiger partial charge in [-0.2, -0.15) is 0 Å². The Morgan fingerprint density at radius 2 is 2.11 bits per heavy atom. The first-order chi connectivity index (χ1) is 8.36. The predicted molar refractivity (Wildman–Crippen MR) is 72.0 cm³/mol. The summed E-state index contributed by atoms with van der Waals surface area (Å²) < 4.78 is 5.66. The number of likely N-dealkylation sites (N-methyl/N-ethyl adjacent to an activating group) is 1. The fraction of sp³-hybridized carbons (Fsp3) is 0.500. The normalized spacial score (nSPS) is 19.5. The Bertz CT molecular complexity index is 483. The topological polar surface area (TPSA) is 55.6 Å². The van der Waals surface area contributed by atoms with E-state index < -0.39 is 6.10 Å². The first-order valence-corrected chi connectivity index (χ1v) is 6.15. The number of nitrogens with zero attached hydrogens (tertiary/aromatic N) is 1. The van der Waals surface area contributed by atoms with Crippen LogP contribution < -0.4 is 15.4 Å². The molecule has 1 aliphatic rings. The second kappa shape index (κ2) is 4.28. The lowest BCUT2D eigenvalue weighted by molar-refractivity contribution is -0.125. The van der Waals surface area contributed by atoms with Crippen LogP contribution in [0.3, 0.4) is 0 Å². The first-order valence-electron chi connectivity index (χ1n) is 6.15. The molecule has 0 saturated heterocycles. The molecule has 1 aliphatic heterocycles. The molecule has 0 saturated carbocycles. The van der Waals surface area contributed by atoms with Gasteiger partial charge >= 0.3 is 0 Å². The highest BCUT2D eigenvalue weighted by molar-refractivity contribution is 5.99. The Labute approximate surface area is 108 Å². The summed E-state index contributed by atoms with van der Waals surface area (Å²) >= 11 is 0. The lowest BCUT2D eigenvalue weighted by Gasteiger charge is -2.32. The highest BCUT2D eigenvalue weighted by Gasteiger charge is 2.30. The minimum absolute atomic E-state index is 0.0201. The maximum atomic E-state index is 11.8. The predicted octanol–water partition coefficient (Wildman–Crippen LogP) is 1.67. The van der Waals surface area contributed by atoms with Crippen molar-refractivity contribution < 1.29 is 9.53 Å². The highest BCUT2D eigenvalue weighted by Crippen LogP contribution is 2.36. The Morgan fingerprint density at radius 3 is 2.72 bits per heavy atom. The number of anilines is 1. The van der Waals surface area contributed by atoms with Crippen LogP contribution in [0.4, 0.5) is 5.69 Å². The summed E-state index contributed by atoms with van der Waals surface area (Å²) in [6.45, 7) is 6.52. The zero-order valence-corrected chi connectivity index (χ0v) is 11.4. The molecule has 18 heavy (non-hydrogen) atoms. The lowest BCUT2D eigenvalue weighted by Crippen LogP contribution is -2.42. The molecule has 1 unspecified atom stereocenters. The molecule has 0 bridgehead atoms. The summed E-state index contributed by atoms with van der Waals surface area (Å²) in [7, 11) is 1.77. The summed E-state index contributed by atoms with van der Waals surface area (Å²) in [6, 6.07) is 5.92. The molecule has 4 nitrogen and oxygen atoms in total. The molecule has 4 heteroatoms. The summed E-state index contributed by atoms with van der Waals surface area (Å²) in [6.07, 6.45) is -0.432. The maximum absolute atomic E-state index is 11.8. The fourth-order valence-electron chi connectivity index (χ4n) is 2.06. The van der Waals surface area contributed by atoms with Crippen LogP contribution in [0, 0.1) is 0 Å². The number of hydrogen-bond acceptors (Lipinski definition) is 3. The molecule has 0 radical (unpaired) electrons. The minimum Gasteiger partial charge on any atom is -0.479 e. The lowest BCUT2D eigenvalue weighted by atomic mass is 9.84. The van der Waals surface area contributed by atoms with E-state index in [4.69, 9.17) is 10.5 Å². The van der Waals surface area contributed by atoms with Crippen molar-refractivity contribution in [3.05, 3.63) is 23.8 Å². The quantitative estimate of drug-likeness (QED) is 0.866. The molecule has 0 aliphatic carbocycles. The smallest absolute Gasteiger partial charge is 0.267 e. The molecule has 98 valence electrons. The second-order valence-corrected chi connectivity index (χ2v) is 5.43. The molecular weight excluding hydrogens is 228 g/mol. The first kappa shape index (κ1) is 12.9. The van der Waals surface area contributed by atoms with Crippen molar-refractivity contribution in [2.24, 2.45) is 5.73 Å². The van der Waals surface area contributed by atoms with E-state index in [2.05, 4.69) is 13.8 Å². The summed E-state index contributed by atoms with van der Waals surface area (Å²) in [5, 5.41) is 0. The number of ether oxygens (including phenoxy) is 1. The zero-order valence-electron chi connectivity index (χ0n) is 11.4. The Hall–Kier alpha value is -1.55. The second-order valence-electron chi connectivity index (χ2n) is 5.43. The molecule has 0 fully saturated rings. The van der Waals surface area contributed by atoms with Gasteiger partial charge in [0.1, 0.15) is 5.75 Å². The third kappa shape index (κ3) is 1.97. The van der Waals surface area contributed by atoms with E-state index in [1.54, 1.807) is 18.9 Å². The van der Waals surface area contributed by atoms with Crippen LogP contribution >= 0.6 is 0 Å². The number of nitrogens with two attached hydrogens (primary N) is 1. The van der Waals surface area contributed by atoms with Crippen LogP contribution in [0.25, 0.3) is 0 Å². The van der Waals surface area contributed by atoms with Crippen molar-refractivity contribution in [3.8, 4) is 5.75 Å². The van der Waals surface area contributed by atoms with Crippen molar-refractivity contribution >= 4 is 11.6 Å². The molecule has 1 aromatic rings. The fourth-order valence-corrected chi connectivity index (χ4v) is 2.06. The van der Waals surface area contributed by atoms with E-state index >= 15 is 0 Å². The number of rotatable bonds is 2. The average Bonchev–Trinajstić information content (AvgIpc) is 2.35. The van der Waals surface area contributed by atoms with Gasteiger partial charge in [0.2, 0.25) is 0 Å². The van der Waals surface area contributed by atoms with E-state index in [1.807, 2.05) is 18.2 Å². The summed E-state index contributed by atoms with van der Waals surface area (Å²) in [5.74, 6) is 0.733. The van der Waals surface area contributed by atoms with Gasteiger partial charge in [0, 0.05) is 19.0 Å². The monoisotopic (exact) mass is 248 g/mol. The van der Waals surface area contributed by atoms with E-state index in [-0.39, 0.29) is 11.3 Å². The maximum Gasteiger partial charge on any atom is 0.267 e. The van der Waals surface area contributed by atoms with Crippen molar-refractivity contribution in [3.63, 3.8) is 0 Å². The molecule has 0 aromatic heterocycles. The highest BCUT2D eigenvalue weighted by atomic mass is 16.5. The minimum atomic E-state index is -0.432. The number of amides is 1. The van der Waals surface area contributed by atoms with Gasteiger partial charge in [-0.15, -0.1) is 0 Å². The van der Waals surface area contributed by atoms with E-state index in [0.29, 0.717) is 6.54 Å². The standard InChI is InChI=1S/C14H20N2O2/c1-9-13(17)16(4)11-6-5-10(7-12(11)18-9)14(2,3)8-15/h5-7,9H,8,15H2,1-4H3. The summed E-state index contributed by atoms with van der Waals surface area (Å²) in [5.41, 5.74) is 7.63. The third-order valence-electron chi connectivity index (χ3n) is 3.60. The van der Waals surface area contributed by atoms with Crippen molar-refractivity contribution in [1.82, 2.24) is 0 Å². The Balaban J connectivity index is 2.45. The Morgan fingerprint density at radius 1 is 1.44 bits per heavy atom. The number of carbonyl (C=O) groups is 1. The molecule has 1 atom stereocenters. The van der Waals surface area contributed by atoms with Crippen LogP contribution in [0.15, 0.2) is 18.2 Å². The van der Waals surface area contributed by atoms with Crippen LogP contribution in [0.2, 0.25) is 0 Å². The number of fused-ring (bicyclic) bond motifs is 1. The number of hydrogen-bond donors (Lipinski definition) is 1. The SMILES string of the molecule is CC1Oc2cc(C(C)(C)CN)ccc2N(C)C1=O. The van der Waals surface area contributed by atoms with Crippen molar-refractivity contribution in [2.75, 3.05) is 18.5 Å². The molecule has 2 rings (SSSR count).